The summed E-state index contributed by atoms with van der Waals surface area (Å²) in [5.74, 6) is -1.89. The summed E-state index contributed by atoms with van der Waals surface area (Å²) in [6.07, 6.45) is 1.71. The monoisotopic (exact) mass is 216 g/mol. The van der Waals surface area contributed by atoms with Gasteiger partial charge in [-0.25, -0.2) is 9.59 Å². The second-order valence-electron chi connectivity index (χ2n) is 2.68. The van der Waals surface area contributed by atoms with E-state index in [1.807, 2.05) is 0 Å². The van der Waals surface area contributed by atoms with Crippen LogP contribution in [-0.4, -0.2) is 33.9 Å². The van der Waals surface area contributed by atoms with Gasteiger partial charge >= 0.3 is 11.9 Å². The van der Waals surface area contributed by atoms with E-state index in [1.165, 1.54) is 13.0 Å². The number of aliphatic carboxylic acids is 2. The Morgan fingerprint density at radius 1 is 1.27 bits per heavy atom. The van der Waals surface area contributed by atoms with Crippen LogP contribution in [0.2, 0.25) is 0 Å². The Morgan fingerprint density at radius 2 is 1.67 bits per heavy atom. The fourth-order valence-corrected chi connectivity index (χ4v) is 0.495. The van der Waals surface area contributed by atoms with Gasteiger partial charge in [0.05, 0.1) is 0 Å². The first-order valence-corrected chi connectivity index (χ1v) is 4.24. The molecule has 0 heterocycles. The molecule has 0 fully saturated rings. The van der Waals surface area contributed by atoms with Crippen molar-refractivity contribution in [3.63, 3.8) is 0 Å². The Bertz CT molecular complexity index is 253. The molecule has 0 spiro atoms. The number of carboxylic acid groups (broad SMARTS) is 2. The van der Waals surface area contributed by atoms with E-state index in [9.17, 15) is 9.59 Å². The summed E-state index contributed by atoms with van der Waals surface area (Å²) in [4.78, 5) is 19.7. The summed E-state index contributed by atoms with van der Waals surface area (Å²) in [5, 5.41) is 24.5. The molecule has 3 N–H and O–H groups in total. The van der Waals surface area contributed by atoms with Gasteiger partial charge in [-0.1, -0.05) is 12.7 Å². The first-order chi connectivity index (χ1) is 6.86. The summed E-state index contributed by atoms with van der Waals surface area (Å²) < 4.78 is 0. The third-order valence-electron chi connectivity index (χ3n) is 1.37. The molecule has 5 nitrogen and oxygen atoms in total. The van der Waals surface area contributed by atoms with Gasteiger partial charge in [0.15, 0.2) is 0 Å². The molecule has 0 saturated carbocycles. The van der Waals surface area contributed by atoms with Crippen LogP contribution in [0.4, 0.5) is 0 Å². The molecule has 0 radical (unpaired) electrons. The SMILES string of the molecule is C=C(C)C(=O)O.CC=C(CCO)C(=O)O. The number of hydrogen-bond donors (Lipinski definition) is 3. The molecule has 5 heteroatoms. The molecule has 86 valence electrons. The van der Waals surface area contributed by atoms with Gasteiger partial charge in [0.25, 0.3) is 0 Å². The Morgan fingerprint density at radius 3 is 1.73 bits per heavy atom. The van der Waals surface area contributed by atoms with Crippen LogP contribution in [0.3, 0.4) is 0 Å². The fraction of sp³-hybridized carbons (Fsp3) is 0.400. The molecule has 0 unspecified atom stereocenters. The van der Waals surface area contributed by atoms with E-state index in [4.69, 9.17) is 15.3 Å². The van der Waals surface area contributed by atoms with Gasteiger partial charge in [0.1, 0.15) is 0 Å². The minimum Gasteiger partial charge on any atom is -0.478 e. The van der Waals surface area contributed by atoms with Gasteiger partial charge < -0.3 is 15.3 Å². The molecule has 0 aromatic carbocycles. The van der Waals surface area contributed by atoms with Gasteiger partial charge in [0.2, 0.25) is 0 Å². The highest BCUT2D eigenvalue weighted by molar-refractivity contribution is 5.86. The van der Waals surface area contributed by atoms with Gasteiger partial charge in [0, 0.05) is 24.2 Å². The van der Waals surface area contributed by atoms with Crippen LogP contribution in [0.15, 0.2) is 23.8 Å². The Labute approximate surface area is 88.4 Å². The highest BCUT2D eigenvalue weighted by Gasteiger charge is 2.02. The van der Waals surface area contributed by atoms with E-state index in [0.717, 1.165) is 0 Å². The highest BCUT2D eigenvalue weighted by Crippen LogP contribution is 1.98. The van der Waals surface area contributed by atoms with Gasteiger partial charge in [-0.3, -0.25) is 0 Å². The zero-order valence-corrected chi connectivity index (χ0v) is 8.86. The average molecular weight is 216 g/mol. The molecule has 0 aliphatic carbocycles. The Kier molecular flexibility index (Phi) is 9.45. The van der Waals surface area contributed by atoms with Crippen LogP contribution >= 0.6 is 0 Å². The molecule has 0 amide bonds. The molecule has 0 atom stereocenters. The van der Waals surface area contributed by atoms with Crippen LogP contribution in [0.1, 0.15) is 20.3 Å². The van der Waals surface area contributed by atoms with Crippen molar-refractivity contribution in [2.75, 3.05) is 6.61 Å². The molecular formula is C10H16O5. The number of aliphatic hydroxyl groups excluding tert-OH is 1. The molecule has 15 heavy (non-hydrogen) atoms. The standard InChI is InChI=1S/C6H10O3.C4H6O2/c1-2-5(3-4-7)6(8)9;1-3(2)4(5)6/h2,7H,3-4H2,1H3,(H,8,9);1H2,2H3,(H,5,6). The average Bonchev–Trinajstić information content (AvgIpc) is 2.14. The van der Waals surface area contributed by atoms with Gasteiger partial charge in [-0.2, -0.15) is 0 Å². The van der Waals surface area contributed by atoms with Crippen LogP contribution in [-0.2, 0) is 9.59 Å². The molecule has 0 aromatic rings. The number of aliphatic hydroxyl groups is 1. The molecule has 0 bridgehead atoms. The van der Waals surface area contributed by atoms with Gasteiger partial charge in [-0.05, 0) is 13.8 Å². The van der Waals surface area contributed by atoms with Crippen molar-refractivity contribution in [2.24, 2.45) is 0 Å². The van der Waals surface area contributed by atoms with Crippen LogP contribution in [0.25, 0.3) is 0 Å². The Hall–Kier alpha value is -1.62. The van der Waals surface area contributed by atoms with Crippen molar-refractivity contribution < 1.29 is 24.9 Å². The third-order valence-corrected chi connectivity index (χ3v) is 1.37. The molecular weight excluding hydrogens is 200 g/mol. The number of rotatable bonds is 4. The van der Waals surface area contributed by atoms with Crippen LogP contribution in [0.5, 0.6) is 0 Å². The highest BCUT2D eigenvalue weighted by atomic mass is 16.4. The van der Waals surface area contributed by atoms with E-state index in [-0.39, 0.29) is 24.2 Å². The summed E-state index contributed by atoms with van der Waals surface area (Å²) in [6.45, 7) is 6.13. The zero-order valence-electron chi connectivity index (χ0n) is 8.86. The molecule has 0 aliphatic heterocycles. The van der Waals surface area contributed by atoms with E-state index < -0.39 is 11.9 Å². The normalized spacial score (nSPS) is 9.93. The van der Waals surface area contributed by atoms with E-state index >= 15 is 0 Å². The van der Waals surface area contributed by atoms with Crippen molar-refractivity contribution in [3.8, 4) is 0 Å². The summed E-state index contributed by atoms with van der Waals surface area (Å²) in [7, 11) is 0. The molecule has 0 aromatic heterocycles. The zero-order chi connectivity index (χ0) is 12.4. The quantitative estimate of drug-likeness (QED) is 0.610. The predicted octanol–water partition coefficient (Wildman–Crippen LogP) is 1.05. The van der Waals surface area contributed by atoms with Crippen molar-refractivity contribution in [1.29, 1.82) is 0 Å². The smallest absolute Gasteiger partial charge is 0.331 e. The summed E-state index contributed by atoms with van der Waals surface area (Å²) >= 11 is 0. The lowest BCUT2D eigenvalue weighted by atomic mass is 10.2. The second kappa shape index (κ2) is 8.96. The first-order valence-electron chi connectivity index (χ1n) is 4.24. The van der Waals surface area contributed by atoms with Crippen molar-refractivity contribution >= 4 is 11.9 Å². The number of allylic oxidation sites excluding steroid dienone is 1. The summed E-state index contributed by atoms with van der Waals surface area (Å²) in [5.41, 5.74) is 0.438. The maximum Gasteiger partial charge on any atom is 0.331 e. The minimum atomic E-state index is -0.952. The lowest BCUT2D eigenvalue weighted by molar-refractivity contribution is -0.133. The van der Waals surface area contributed by atoms with E-state index in [1.54, 1.807) is 6.92 Å². The maximum absolute atomic E-state index is 10.1. The number of hydrogen-bond acceptors (Lipinski definition) is 3. The topological polar surface area (TPSA) is 94.8 Å². The van der Waals surface area contributed by atoms with Crippen LogP contribution in [0, 0.1) is 0 Å². The van der Waals surface area contributed by atoms with Crippen LogP contribution < -0.4 is 0 Å². The maximum atomic E-state index is 10.1. The van der Waals surface area contributed by atoms with E-state index in [0.29, 0.717) is 0 Å². The van der Waals surface area contributed by atoms with E-state index in [2.05, 4.69) is 6.58 Å². The lowest BCUT2D eigenvalue weighted by Gasteiger charge is -1.94. The molecule has 0 aliphatic rings. The fourth-order valence-electron chi connectivity index (χ4n) is 0.495. The van der Waals surface area contributed by atoms with Crippen molar-refractivity contribution in [1.82, 2.24) is 0 Å². The largest absolute Gasteiger partial charge is 0.478 e. The molecule has 0 rings (SSSR count). The van der Waals surface area contributed by atoms with Crippen molar-refractivity contribution in [3.05, 3.63) is 23.8 Å². The van der Waals surface area contributed by atoms with Gasteiger partial charge in [-0.15, -0.1) is 0 Å². The first kappa shape index (κ1) is 15.8. The minimum absolute atomic E-state index is 0.105. The predicted molar refractivity (Wildman–Crippen MR) is 55.5 cm³/mol. The number of carboxylic acids is 2. The second-order valence-corrected chi connectivity index (χ2v) is 2.68. The molecule has 0 saturated heterocycles. The third kappa shape index (κ3) is 10.3. The number of carbonyl (C=O) groups is 2. The Balaban J connectivity index is 0. The van der Waals surface area contributed by atoms with Crippen molar-refractivity contribution in [2.45, 2.75) is 20.3 Å². The summed E-state index contributed by atoms with van der Waals surface area (Å²) in [6, 6.07) is 0. The lowest BCUT2D eigenvalue weighted by Crippen LogP contribution is -2.01.